The molecule has 2 aromatic rings. The van der Waals surface area contributed by atoms with E-state index in [2.05, 4.69) is 10.6 Å². The van der Waals surface area contributed by atoms with Crippen molar-refractivity contribution in [2.24, 2.45) is 0 Å². The number of ether oxygens (including phenoxy) is 1. The number of rotatable bonds is 6. The van der Waals surface area contributed by atoms with Crippen molar-refractivity contribution in [1.29, 1.82) is 0 Å². The van der Waals surface area contributed by atoms with Gasteiger partial charge < -0.3 is 15.4 Å². The van der Waals surface area contributed by atoms with Crippen LogP contribution in [0.3, 0.4) is 0 Å². The van der Waals surface area contributed by atoms with Crippen molar-refractivity contribution in [3.8, 4) is 11.1 Å². The van der Waals surface area contributed by atoms with Crippen LogP contribution in [0.2, 0.25) is 0 Å². The second-order valence-electron chi connectivity index (χ2n) is 6.98. The maximum absolute atomic E-state index is 12.2. The van der Waals surface area contributed by atoms with Crippen LogP contribution in [0.1, 0.15) is 37.6 Å². The summed E-state index contributed by atoms with van der Waals surface area (Å²) in [5, 5.41) is 5.51. The number of carbonyl (C=O) groups excluding carboxylic acids is 2. The molecule has 0 atom stereocenters. The van der Waals surface area contributed by atoms with Gasteiger partial charge in [0.15, 0.2) is 0 Å². The van der Waals surface area contributed by atoms with Gasteiger partial charge in [-0.1, -0.05) is 42.5 Å². The second kappa shape index (κ2) is 9.04. The van der Waals surface area contributed by atoms with Gasteiger partial charge in [-0.3, -0.25) is 4.79 Å². The van der Waals surface area contributed by atoms with Crippen molar-refractivity contribution in [3.05, 3.63) is 60.2 Å². The molecular weight excluding hydrogens is 328 g/mol. The number of hydrogen-bond donors (Lipinski definition) is 2. The molecule has 0 radical (unpaired) electrons. The molecule has 5 nitrogen and oxygen atoms in total. The van der Waals surface area contributed by atoms with Crippen LogP contribution in [-0.4, -0.2) is 30.7 Å². The quantitative estimate of drug-likeness (QED) is 0.771. The zero-order chi connectivity index (χ0) is 19.0. The van der Waals surface area contributed by atoms with Crippen molar-refractivity contribution in [1.82, 2.24) is 10.6 Å². The van der Waals surface area contributed by atoms with Crippen molar-refractivity contribution >= 4 is 12.0 Å². The topological polar surface area (TPSA) is 67.4 Å². The average molecular weight is 354 g/mol. The maximum Gasteiger partial charge on any atom is 0.407 e. The van der Waals surface area contributed by atoms with Crippen LogP contribution in [0, 0.1) is 0 Å². The molecule has 26 heavy (non-hydrogen) atoms. The van der Waals surface area contributed by atoms with E-state index in [9.17, 15) is 9.59 Å². The summed E-state index contributed by atoms with van der Waals surface area (Å²) in [7, 11) is 0. The minimum absolute atomic E-state index is 0.123. The van der Waals surface area contributed by atoms with Crippen LogP contribution < -0.4 is 10.6 Å². The van der Waals surface area contributed by atoms with Gasteiger partial charge in [0.25, 0.3) is 5.91 Å². The van der Waals surface area contributed by atoms with E-state index in [1.807, 2.05) is 75.4 Å². The molecule has 0 bridgehead atoms. The van der Waals surface area contributed by atoms with Crippen molar-refractivity contribution in [2.45, 2.75) is 32.8 Å². The lowest BCUT2D eigenvalue weighted by Gasteiger charge is -2.19. The van der Waals surface area contributed by atoms with E-state index in [0.29, 0.717) is 25.1 Å². The largest absolute Gasteiger partial charge is 0.444 e. The fourth-order valence-corrected chi connectivity index (χ4v) is 2.34. The highest BCUT2D eigenvalue weighted by molar-refractivity contribution is 5.94. The SMILES string of the molecule is CC(C)(C)OC(=O)NCCCNC(=O)c1ccc(-c2ccccc2)cc1. The van der Waals surface area contributed by atoms with Gasteiger partial charge in [0.1, 0.15) is 5.60 Å². The molecule has 0 saturated carbocycles. The Morgan fingerprint density at radius 1 is 0.846 bits per heavy atom. The van der Waals surface area contributed by atoms with Crippen LogP contribution in [0.5, 0.6) is 0 Å². The molecular formula is C21H26N2O3. The zero-order valence-corrected chi connectivity index (χ0v) is 15.5. The van der Waals surface area contributed by atoms with E-state index in [1.165, 1.54) is 0 Å². The highest BCUT2D eigenvalue weighted by Crippen LogP contribution is 2.19. The Bertz CT molecular complexity index is 719. The van der Waals surface area contributed by atoms with Gasteiger partial charge in [-0.15, -0.1) is 0 Å². The minimum Gasteiger partial charge on any atom is -0.444 e. The third-order valence-electron chi connectivity index (χ3n) is 3.56. The molecule has 0 heterocycles. The molecule has 2 aromatic carbocycles. The van der Waals surface area contributed by atoms with Crippen molar-refractivity contribution < 1.29 is 14.3 Å². The van der Waals surface area contributed by atoms with Crippen LogP contribution >= 0.6 is 0 Å². The lowest BCUT2D eigenvalue weighted by molar-refractivity contribution is 0.0527. The van der Waals surface area contributed by atoms with Gasteiger partial charge in [-0.2, -0.15) is 0 Å². The lowest BCUT2D eigenvalue weighted by Crippen LogP contribution is -2.34. The number of nitrogens with one attached hydrogen (secondary N) is 2. The van der Waals surface area contributed by atoms with Gasteiger partial charge in [-0.05, 0) is 50.5 Å². The molecule has 0 aliphatic heterocycles. The maximum atomic E-state index is 12.2. The molecule has 0 aliphatic rings. The van der Waals surface area contributed by atoms with E-state index < -0.39 is 11.7 Å². The first-order valence-electron chi connectivity index (χ1n) is 8.76. The molecule has 5 heteroatoms. The summed E-state index contributed by atoms with van der Waals surface area (Å²) in [6.45, 7) is 6.37. The summed E-state index contributed by atoms with van der Waals surface area (Å²) in [5.41, 5.74) is 2.30. The first kappa shape index (κ1) is 19.5. The van der Waals surface area contributed by atoms with E-state index in [0.717, 1.165) is 11.1 Å². The summed E-state index contributed by atoms with van der Waals surface area (Å²) in [5.74, 6) is -0.123. The van der Waals surface area contributed by atoms with Crippen molar-refractivity contribution in [2.75, 3.05) is 13.1 Å². The molecule has 2 N–H and O–H groups in total. The zero-order valence-electron chi connectivity index (χ0n) is 15.5. The molecule has 2 amide bonds. The molecule has 2 rings (SSSR count). The van der Waals surface area contributed by atoms with Gasteiger partial charge in [-0.25, -0.2) is 4.79 Å². The average Bonchev–Trinajstić information content (AvgIpc) is 2.60. The van der Waals surface area contributed by atoms with E-state index in [-0.39, 0.29) is 5.91 Å². The third kappa shape index (κ3) is 6.59. The number of hydrogen-bond acceptors (Lipinski definition) is 3. The third-order valence-corrected chi connectivity index (χ3v) is 3.56. The molecule has 0 aliphatic carbocycles. The van der Waals surface area contributed by atoms with Gasteiger partial charge in [0, 0.05) is 18.7 Å². The fraction of sp³-hybridized carbons (Fsp3) is 0.333. The van der Waals surface area contributed by atoms with Crippen LogP contribution in [0.4, 0.5) is 4.79 Å². The standard InChI is InChI=1S/C21H26N2O3/c1-21(2,3)26-20(25)23-15-7-14-22-19(24)18-12-10-17(11-13-18)16-8-5-4-6-9-16/h4-6,8-13H,7,14-15H2,1-3H3,(H,22,24)(H,23,25). The second-order valence-corrected chi connectivity index (χ2v) is 6.98. The molecule has 0 fully saturated rings. The van der Waals surface area contributed by atoms with Gasteiger partial charge >= 0.3 is 6.09 Å². The van der Waals surface area contributed by atoms with E-state index >= 15 is 0 Å². The Balaban J connectivity index is 1.72. The van der Waals surface area contributed by atoms with Gasteiger partial charge in [0.05, 0.1) is 0 Å². The summed E-state index contributed by atoms with van der Waals surface area (Å²) in [4.78, 5) is 23.7. The minimum atomic E-state index is -0.510. The summed E-state index contributed by atoms with van der Waals surface area (Å²) in [6.07, 6.45) is 0.188. The van der Waals surface area contributed by atoms with Crippen LogP contribution in [-0.2, 0) is 4.74 Å². The molecule has 138 valence electrons. The molecule has 0 unspecified atom stereocenters. The Morgan fingerprint density at radius 2 is 1.42 bits per heavy atom. The fourth-order valence-electron chi connectivity index (χ4n) is 2.34. The van der Waals surface area contributed by atoms with E-state index in [1.54, 1.807) is 0 Å². The highest BCUT2D eigenvalue weighted by atomic mass is 16.6. The lowest BCUT2D eigenvalue weighted by atomic mass is 10.0. The molecule has 0 spiro atoms. The number of alkyl carbamates (subject to hydrolysis) is 1. The predicted molar refractivity (Wildman–Crippen MR) is 103 cm³/mol. The normalized spacial score (nSPS) is 10.9. The van der Waals surface area contributed by atoms with Gasteiger partial charge in [0.2, 0.25) is 0 Å². The van der Waals surface area contributed by atoms with Crippen LogP contribution in [0.15, 0.2) is 54.6 Å². The Labute approximate surface area is 154 Å². The summed E-state index contributed by atoms with van der Waals surface area (Å²) in [6, 6.07) is 17.5. The van der Waals surface area contributed by atoms with Crippen LogP contribution in [0.25, 0.3) is 11.1 Å². The Kier molecular flexibility index (Phi) is 6.78. The predicted octanol–water partition coefficient (Wildman–Crippen LogP) is 4.00. The summed E-state index contributed by atoms with van der Waals surface area (Å²) >= 11 is 0. The highest BCUT2D eigenvalue weighted by Gasteiger charge is 2.15. The molecule has 0 saturated heterocycles. The summed E-state index contributed by atoms with van der Waals surface area (Å²) < 4.78 is 5.14. The Hall–Kier alpha value is -2.82. The monoisotopic (exact) mass is 354 g/mol. The molecule has 0 aromatic heterocycles. The first-order chi connectivity index (χ1) is 12.3. The number of carbonyl (C=O) groups is 2. The first-order valence-corrected chi connectivity index (χ1v) is 8.76. The Morgan fingerprint density at radius 3 is 2.04 bits per heavy atom. The number of benzene rings is 2. The number of amides is 2. The smallest absolute Gasteiger partial charge is 0.407 e. The van der Waals surface area contributed by atoms with Crippen molar-refractivity contribution in [3.63, 3.8) is 0 Å². The van der Waals surface area contributed by atoms with E-state index in [4.69, 9.17) is 4.74 Å².